The van der Waals surface area contributed by atoms with Crippen LogP contribution in [0.15, 0.2) is 59.7 Å². The van der Waals surface area contributed by atoms with Gasteiger partial charge in [0.2, 0.25) is 0 Å². The van der Waals surface area contributed by atoms with Gasteiger partial charge in [0, 0.05) is 49.9 Å². The van der Waals surface area contributed by atoms with E-state index in [2.05, 4.69) is 21.4 Å². The molecule has 1 aliphatic rings. The number of aromatic nitrogens is 5. The Morgan fingerprint density at radius 3 is 2.64 bits per heavy atom. The SMILES string of the molecule is CCNC(=O)N1CCC(n2c(=O)n(C)c3cnc4ccc(-c5cnc6ccccc6c5)nc4c32)CC1. The van der Waals surface area contributed by atoms with Gasteiger partial charge in [-0.05, 0) is 44.0 Å². The largest absolute Gasteiger partial charge is 0.338 e. The molecule has 5 heterocycles. The van der Waals surface area contributed by atoms with E-state index in [9.17, 15) is 9.59 Å². The monoisotopic (exact) mass is 481 g/mol. The molecule has 9 nitrogen and oxygen atoms in total. The number of amides is 2. The Kier molecular flexibility index (Phi) is 5.40. The van der Waals surface area contributed by atoms with Gasteiger partial charge in [-0.2, -0.15) is 0 Å². The first-order chi connectivity index (χ1) is 17.5. The smallest absolute Gasteiger partial charge is 0.329 e. The number of fused-ring (bicyclic) bond motifs is 4. The van der Waals surface area contributed by atoms with E-state index in [4.69, 9.17) is 4.98 Å². The maximum Gasteiger partial charge on any atom is 0.329 e. The summed E-state index contributed by atoms with van der Waals surface area (Å²) in [5.74, 6) is 0. The maximum absolute atomic E-state index is 13.4. The average Bonchev–Trinajstić information content (AvgIpc) is 3.18. The third-order valence-corrected chi connectivity index (χ3v) is 7.09. The zero-order valence-corrected chi connectivity index (χ0v) is 20.3. The van der Waals surface area contributed by atoms with E-state index in [1.807, 2.05) is 59.0 Å². The van der Waals surface area contributed by atoms with Crippen LogP contribution in [0.1, 0.15) is 25.8 Å². The summed E-state index contributed by atoms with van der Waals surface area (Å²) >= 11 is 0. The van der Waals surface area contributed by atoms with Gasteiger partial charge in [0.25, 0.3) is 0 Å². The first kappa shape index (κ1) is 22.2. The van der Waals surface area contributed by atoms with Gasteiger partial charge in [-0.3, -0.25) is 19.1 Å². The molecule has 36 heavy (non-hydrogen) atoms. The number of para-hydroxylation sites is 1. The standard InChI is InChI=1S/C27H27N7O2/c1-3-28-26(35)33-12-10-19(11-13-33)34-25-23(32(2)27(34)36)16-30-22-9-8-21(31-24(22)25)18-14-17-6-4-5-7-20(17)29-15-18/h4-9,14-16,19H,3,10-13H2,1-2H3,(H,28,35). The Balaban J connectivity index is 1.46. The molecule has 0 radical (unpaired) electrons. The lowest BCUT2D eigenvalue weighted by atomic mass is 10.0. The summed E-state index contributed by atoms with van der Waals surface area (Å²) in [5, 5.41) is 3.91. The van der Waals surface area contributed by atoms with Crippen molar-refractivity contribution in [2.75, 3.05) is 19.6 Å². The lowest BCUT2D eigenvalue weighted by Gasteiger charge is -2.32. The van der Waals surface area contributed by atoms with E-state index >= 15 is 0 Å². The second-order valence-electron chi connectivity index (χ2n) is 9.24. The highest BCUT2D eigenvalue weighted by atomic mass is 16.2. The number of rotatable bonds is 3. The number of urea groups is 1. The highest BCUT2D eigenvalue weighted by Crippen LogP contribution is 2.30. The number of hydrogen-bond donors (Lipinski definition) is 1. The third kappa shape index (κ3) is 3.59. The quantitative estimate of drug-likeness (QED) is 0.422. The number of nitrogens with zero attached hydrogens (tertiary/aromatic N) is 6. The molecule has 0 unspecified atom stereocenters. The molecular weight excluding hydrogens is 454 g/mol. The van der Waals surface area contributed by atoms with Crippen LogP contribution >= 0.6 is 0 Å². The zero-order chi connectivity index (χ0) is 24.8. The van der Waals surface area contributed by atoms with Crippen molar-refractivity contribution in [3.8, 4) is 11.3 Å². The van der Waals surface area contributed by atoms with Crippen LogP contribution in [-0.4, -0.2) is 54.7 Å². The van der Waals surface area contributed by atoms with Crippen molar-refractivity contribution in [2.45, 2.75) is 25.8 Å². The minimum absolute atomic E-state index is 0.0229. The number of carbonyl (C=O) groups excluding carboxylic acids is 1. The molecule has 6 rings (SSSR count). The van der Waals surface area contributed by atoms with Crippen LogP contribution in [0.25, 0.3) is 44.2 Å². The molecule has 5 aromatic rings. The summed E-state index contributed by atoms with van der Waals surface area (Å²) in [5.41, 5.74) is 5.51. The number of nitrogens with one attached hydrogen (secondary N) is 1. The van der Waals surface area contributed by atoms with E-state index in [-0.39, 0.29) is 17.8 Å². The molecule has 0 aliphatic carbocycles. The average molecular weight is 482 g/mol. The Morgan fingerprint density at radius 1 is 1.06 bits per heavy atom. The van der Waals surface area contributed by atoms with Gasteiger partial charge in [0.1, 0.15) is 5.52 Å². The normalized spacial score (nSPS) is 14.7. The first-order valence-corrected chi connectivity index (χ1v) is 12.3. The number of pyridine rings is 3. The predicted octanol–water partition coefficient (Wildman–Crippen LogP) is 3.86. The number of likely N-dealkylation sites (tertiary alicyclic amines) is 1. The van der Waals surface area contributed by atoms with Gasteiger partial charge >= 0.3 is 11.7 Å². The third-order valence-electron chi connectivity index (χ3n) is 7.09. The van der Waals surface area contributed by atoms with Gasteiger partial charge in [-0.25, -0.2) is 14.6 Å². The molecular formula is C27H27N7O2. The summed E-state index contributed by atoms with van der Waals surface area (Å²) in [6.45, 7) is 3.71. The topological polar surface area (TPSA) is 97.9 Å². The maximum atomic E-state index is 13.4. The molecule has 0 atom stereocenters. The van der Waals surface area contributed by atoms with Crippen LogP contribution in [0.2, 0.25) is 0 Å². The van der Waals surface area contributed by atoms with Crippen LogP contribution < -0.4 is 11.0 Å². The lowest BCUT2D eigenvalue weighted by molar-refractivity contribution is 0.172. The molecule has 0 saturated carbocycles. The van der Waals surface area contributed by atoms with Crippen LogP contribution in [0.4, 0.5) is 4.79 Å². The Morgan fingerprint density at radius 2 is 1.83 bits per heavy atom. The summed E-state index contributed by atoms with van der Waals surface area (Å²) < 4.78 is 3.51. The number of aryl methyl sites for hydroxylation is 1. The summed E-state index contributed by atoms with van der Waals surface area (Å²) in [6.07, 6.45) is 4.99. The van der Waals surface area contributed by atoms with Crippen molar-refractivity contribution >= 4 is 39.0 Å². The molecule has 1 saturated heterocycles. The van der Waals surface area contributed by atoms with E-state index in [0.717, 1.165) is 38.7 Å². The van der Waals surface area contributed by atoms with E-state index in [1.165, 1.54) is 0 Å². The van der Waals surface area contributed by atoms with Crippen molar-refractivity contribution in [3.05, 3.63) is 65.3 Å². The van der Waals surface area contributed by atoms with Gasteiger partial charge in [-0.15, -0.1) is 0 Å². The van der Waals surface area contributed by atoms with Crippen LogP contribution in [0.5, 0.6) is 0 Å². The highest BCUT2D eigenvalue weighted by molar-refractivity contribution is 6.00. The fourth-order valence-electron chi connectivity index (χ4n) is 5.19. The highest BCUT2D eigenvalue weighted by Gasteiger charge is 2.28. The van der Waals surface area contributed by atoms with Gasteiger partial charge in [0.15, 0.2) is 0 Å². The van der Waals surface area contributed by atoms with Crippen LogP contribution in [-0.2, 0) is 7.05 Å². The summed E-state index contributed by atoms with van der Waals surface area (Å²) in [7, 11) is 1.77. The fraction of sp³-hybridized carbons (Fsp3) is 0.296. The number of piperidine rings is 1. The molecule has 0 bridgehead atoms. The number of carbonyl (C=O) groups is 1. The molecule has 9 heteroatoms. The number of benzene rings is 1. The van der Waals surface area contributed by atoms with Crippen LogP contribution in [0, 0.1) is 0 Å². The predicted molar refractivity (Wildman–Crippen MR) is 140 cm³/mol. The molecule has 1 fully saturated rings. The van der Waals surface area contributed by atoms with Crippen molar-refractivity contribution in [3.63, 3.8) is 0 Å². The lowest BCUT2D eigenvalue weighted by Crippen LogP contribution is -2.45. The fourth-order valence-corrected chi connectivity index (χ4v) is 5.19. The molecule has 0 spiro atoms. The molecule has 182 valence electrons. The minimum Gasteiger partial charge on any atom is -0.338 e. The summed E-state index contributed by atoms with van der Waals surface area (Å²) in [6, 6.07) is 13.9. The van der Waals surface area contributed by atoms with E-state index < -0.39 is 0 Å². The zero-order valence-electron chi connectivity index (χ0n) is 20.3. The van der Waals surface area contributed by atoms with Gasteiger partial charge < -0.3 is 10.2 Å². The first-order valence-electron chi connectivity index (χ1n) is 12.3. The van der Waals surface area contributed by atoms with E-state index in [1.54, 1.807) is 17.8 Å². The molecule has 1 aliphatic heterocycles. The molecule has 2 amide bonds. The van der Waals surface area contributed by atoms with Gasteiger partial charge in [0.05, 0.1) is 34.0 Å². The Bertz CT molecular complexity index is 1680. The number of imidazole rings is 1. The van der Waals surface area contributed by atoms with Crippen molar-refractivity contribution in [1.82, 2.24) is 34.3 Å². The number of hydrogen-bond acceptors (Lipinski definition) is 5. The Hall–Kier alpha value is -4.27. The Labute approximate surface area is 207 Å². The second-order valence-corrected chi connectivity index (χ2v) is 9.24. The molecule has 4 aromatic heterocycles. The molecule has 1 aromatic carbocycles. The van der Waals surface area contributed by atoms with Crippen molar-refractivity contribution < 1.29 is 4.79 Å². The van der Waals surface area contributed by atoms with Crippen molar-refractivity contribution in [2.24, 2.45) is 7.05 Å². The minimum atomic E-state index is -0.0877. The van der Waals surface area contributed by atoms with Crippen LogP contribution in [0.3, 0.4) is 0 Å². The summed E-state index contributed by atoms with van der Waals surface area (Å²) in [4.78, 5) is 41.7. The van der Waals surface area contributed by atoms with Gasteiger partial charge in [-0.1, -0.05) is 18.2 Å². The molecule has 1 N–H and O–H groups in total. The van der Waals surface area contributed by atoms with E-state index in [0.29, 0.717) is 38.0 Å². The second kappa shape index (κ2) is 8.75. The van der Waals surface area contributed by atoms with Crippen molar-refractivity contribution in [1.29, 1.82) is 0 Å².